The van der Waals surface area contributed by atoms with E-state index in [0.717, 1.165) is 5.56 Å². The molecular weight excluding hydrogens is 223 g/mol. The third kappa shape index (κ3) is 5.24. The van der Waals surface area contributed by atoms with Crippen molar-refractivity contribution in [2.75, 3.05) is 7.11 Å². The van der Waals surface area contributed by atoms with E-state index < -0.39 is 0 Å². The fraction of sp³-hybridized carbons (Fsp3) is 0.385. The third-order valence-electron chi connectivity index (χ3n) is 2.42. The maximum atomic E-state index is 12.8. The van der Waals surface area contributed by atoms with Crippen molar-refractivity contribution in [1.29, 1.82) is 0 Å². The van der Waals surface area contributed by atoms with Crippen LogP contribution in [-0.2, 0) is 20.7 Å². The second-order valence-corrected chi connectivity index (χ2v) is 3.74. The number of ether oxygens (including phenoxy) is 1. The van der Waals surface area contributed by atoms with E-state index >= 15 is 0 Å². The fourth-order valence-electron chi connectivity index (χ4n) is 1.44. The van der Waals surface area contributed by atoms with Gasteiger partial charge >= 0.3 is 5.97 Å². The quantitative estimate of drug-likeness (QED) is 0.714. The van der Waals surface area contributed by atoms with Gasteiger partial charge in [-0.15, -0.1) is 0 Å². The molecule has 0 N–H and O–H groups in total. The van der Waals surface area contributed by atoms with Crippen molar-refractivity contribution in [3.05, 3.63) is 35.6 Å². The smallest absolute Gasteiger partial charge is 0.305 e. The molecule has 0 aliphatic heterocycles. The van der Waals surface area contributed by atoms with Crippen LogP contribution < -0.4 is 0 Å². The fourth-order valence-corrected chi connectivity index (χ4v) is 1.44. The van der Waals surface area contributed by atoms with Crippen LogP contribution in [0.1, 0.15) is 24.8 Å². The average molecular weight is 238 g/mol. The first-order valence-corrected chi connectivity index (χ1v) is 5.45. The van der Waals surface area contributed by atoms with Gasteiger partial charge in [-0.25, -0.2) is 4.39 Å². The topological polar surface area (TPSA) is 43.4 Å². The van der Waals surface area contributed by atoms with Gasteiger partial charge in [-0.05, 0) is 24.1 Å². The van der Waals surface area contributed by atoms with Crippen LogP contribution in [0, 0.1) is 5.82 Å². The van der Waals surface area contributed by atoms with Crippen molar-refractivity contribution in [2.24, 2.45) is 0 Å². The molecule has 1 aromatic rings. The van der Waals surface area contributed by atoms with Gasteiger partial charge < -0.3 is 4.74 Å². The molecule has 0 aliphatic rings. The van der Waals surface area contributed by atoms with Gasteiger partial charge in [-0.3, -0.25) is 9.59 Å². The highest BCUT2D eigenvalue weighted by Gasteiger charge is 2.07. The lowest BCUT2D eigenvalue weighted by atomic mass is 10.1. The molecule has 1 aromatic carbocycles. The number of hydrogen-bond donors (Lipinski definition) is 0. The van der Waals surface area contributed by atoms with E-state index in [1.807, 2.05) is 0 Å². The molecule has 0 spiro atoms. The number of Topliss-reactive ketones (excluding diaryl/α,β-unsaturated/α-hetero) is 1. The summed E-state index contributed by atoms with van der Waals surface area (Å²) in [5.41, 5.74) is 0.788. The summed E-state index contributed by atoms with van der Waals surface area (Å²) >= 11 is 0. The Bertz CT molecular complexity index is 401. The lowest BCUT2D eigenvalue weighted by Gasteiger charge is -2.01. The summed E-state index contributed by atoms with van der Waals surface area (Å²) in [6.07, 6.45) is 1.11. The maximum Gasteiger partial charge on any atom is 0.305 e. The van der Waals surface area contributed by atoms with E-state index in [1.165, 1.54) is 19.2 Å². The zero-order valence-electron chi connectivity index (χ0n) is 9.74. The van der Waals surface area contributed by atoms with Crippen molar-refractivity contribution in [2.45, 2.75) is 25.7 Å². The second kappa shape index (κ2) is 6.78. The molecule has 0 radical (unpaired) electrons. The van der Waals surface area contributed by atoms with E-state index in [9.17, 15) is 14.0 Å². The van der Waals surface area contributed by atoms with Crippen molar-refractivity contribution >= 4 is 11.8 Å². The molecule has 0 amide bonds. The summed E-state index contributed by atoms with van der Waals surface area (Å²) in [5.74, 6) is -0.701. The van der Waals surface area contributed by atoms with E-state index in [-0.39, 0.29) is 30.4 Å². The minimum Gasteiger partial charge on any atom is -0.469 e. The molecule has 3 nitrogen and oxygen atoms in total. The number of benzene rings is 1. The molecule has 4 heteroatoms. The molecule has 0 bridgehead atoms. The predicted octanol–water partition coefficient (Wildman–Crippen LogP) is 2.28. The number of carbonyl (C=O) groups is 2. The lowest BCUT2D eigenvalue weighted by Crippen LogP contribution is -2.06. The van der Waals surface area contributed by atoms with Crippen LogP contribution in [-0.4, -0.2) is 18.9 Å². The summed E-state index contributed by atoms with van der Waals surface area (Å²) in [5, 5.41) is 0. The maximum absolute atomic E-state index is 12.8. The highest BCUT2D eigenvalue weighted by molar-refractivity contribution is 5.83. The van der Waals surface area contributed by atoms with E-state index in [4.69, 9.17) is 0 Å². The van der Waals surface area contributed by atoms with Crippen molar-refractivity contribution in [3.8, 4) is 0 Å². The summed E-state index contributed by atoms with van der Waals surface area (Å²) in [7, 11) is 1.29. The van der Waals surface area contributed by atoms with Crippen LogP contribution >= 0.6 is 0 Å². The number of carbonyl (C=O) groups excluding carboxylic acids is 2. The van der Waals surface area contributed by atoms with Gasteiger partial charge in [0.2, 0.25) is 0 Å². The molecule has 1 rings (SSSR count). The Morgan fingerprint density at radius 1 is 1.24 bits per heavy atom. The number of hydrogen-bond acceptors (Lipinski definition) is 3. The molecule has 0 saturated carbocycles. The highest BCUT2D eigenvalue weighted by Crippen LogP contribution is 2.08. The first-order valence-electron chi connectivity index (χ1n) is 5.45. The molecule has 0 aliphatic carbocycles. The molecule has 0 unspecified atom stereocenters. The Hall–Kier alpha value is -1.71. The Morgan fingerprint density at radius 2 is 2.00 bits per heavy atom. The standard InChI is InChI=1S/C13H15FO3/c1-17-13(16)8-7-12(15)6-5-10-3-2-4-11(14)9-10/h2-4,9H,5-8H2,1H3. The predicted molar refractivity (Wildman–Crippen MR) is 61.0 cm³/mol. The summed E-state index contributed by atoms with van der Waals surface area (Å²) in [6.45, 7) is 0. The van der Waals surface area contributed by atoms with Gasteiger partial charge in [0.15, 0.2) is 0 Å². The molecular formula is C13H15FO3. The molecule has 0 aromatic heterocycles. The number of aryl methyl sites for hydroxylation is 1. The molecule has 0 saturated heterocycles. The van der Waals surface area contributed by atoms with Gasteiger partial charge in [-0.2, -0.15) is 0 Å². The number of methoxy groups -OCH3 is 1. The van der Waals surface area contributed by atoms with Crippen LogP contribution in [0.4, 0.5) is 4.39 Å². The van der Waals surface area contributed by atoms with Crippen LogP contribution in [0.3, 0.4) is 0 Å². The van der Waals surface area contributed by atoms with Crippen molar-refractivity contribution in [1.82, 2.24) is 0 Å². The number of esters is 1. The Labute approximate surface area is 99.6 Å². The second-order valence-electron chi connectivity index (χ2n) is 3.74. The van der Waals surface area contributed by atoms with Gasteiger partial charge in [0, 0.05) is 12.8 Å². The molecule has 17 heavy (non-hydrogen) atoms. The number of halogens is 1. The highest BCUT2D eigenvalue weighted by atomic mass is 19.1. The van der Waals surface area contributed by atoms with Crippen LogP contribution in [0.2, 0.25) is 0 Å². The average Bonchev–Trinajstić information content (AvgIpc) is 2.33. The minimum absolute atomic E-state index is 0.0142. The summed E-state index contributed by atoms with van der Waals surface area (Å²) in [4.78, 5) is 22.2. The van der Waals surface area contributed by atoms with Gasteiger partial charge in [0.05, 0.1) is 13.5 Å². The number of rotatable bonds is 6. The monoisotopic (exact) mass is 238 g/mol. The van der Waals surface area contributed by atoms with Crippen molar-refractivity contribution < 1.29 is 18.7 Å². The summed E-state index contributed by atoms with van der Waals surface area (Å²) < 4.78 is 17.3. The third-order valence-corrected chi connectivity index (χ3v) is 2.42. The molecule has 0 fully saturated rings. The molecule has 0 atom stereocenters. The Balaban J connectivity index is 2.31. The first kappa shape index (κ1) is 13.4. The zero-order valence-corrected chi connectivity index (χ0v) is 9.74. The van der Waals surface area contributed by atoms with Crippen LogP contribution in [0.5, 0.6) is 0 Å². The minimum atomic E-state index is -0.385. The van der Waals surface area contributed by atoms with Crippen LogP contribution in [0.25, 0.3) is 0 Å². The van der Waals surface area contributed by atoms with E-state index in [2.05, 4.69) is 4.74 Å². The Morgan fingerprint density at radius 3 is 2.65 bits per heavy atom. The van der Waals surface area contributed by atoms with Crippen LogP contribution in [0.15, 0.2) is 24.3 Å². The zero-order chi connectivity index (χ0) is 12.7. The number of ketones is 1. The SMILES string of the molecule is COC(=O)CCC(=O)CCc1cccc(F)c1. The van der Waals surface area contributed by atoms with Gasteiger partial charge in [0.1, 0.15) is 11.6 Å². The normalized spacial score (nSPS) is 10.0. The largest absolute Gasteiger partial charge is 0.469 e. The van der Waals surface area contributed by atoms with E-state index in [0.29, 0.717) is 12.8 Å². The lowest BCUT2D eigenvalue weighted by molar-refractivity contribution is -0.141. The van der Waals surface area contributed by atoms with E-state index in [1.54, 1.807) is 12.1 Å². The van der Waals surface area contributed by atoms with Gasteiger partial charge in [-0.1, -0.05) is 12.1 Å². The van der Waals surface area contributed by atoms with Crippen molar-refractivity contribution in [3.63, 3.8) is 0 Å². The molecule has 0 heterocycles. The van der Waals surface area contributed by atoms with Gasteiger partial charge in [0.25, 0.3) is 0 Å². The first-order chi connectivity index (χ1) is 8.11. The molecule has 92 valence electrons. The summed E-state index contributed by atoms with van der Waals surface area (Å²) in [6, 6.07) is 6.16. The Kier molecular flexibility index (Phi) is 5.33.